The number of aryl methyl sites for hydroxylation is 2. The molecule has 2 rings (SSSR count). The quantitative estimate of drug-likeness (QED) is 0.632. The number of ether oxygens (including phenoxy) is 1. The van der Waals surface area contributed by atoms with Gasteiger partial charge in [-0.1, -0.05) is 0 Å². The average Bonchev–Trinajstić information content (AvgIpc) is 3.11. The lowest BCUT2D eigenvalue weighted by molar-refractivity contribution is -0.148. The molecule has 0 unspecified atom stereocenters. The van der Waals surface area contributed by atoms with Crippen molar-refractivity contribution in [1.29, 1.82) is 0 Å². The van der Waals surface area contributed by atoms with Crippen molar-refractivity contribution >= 4 is 23.8 Å². The van der Waals surface area contributed by atoms with Crippen molar-refractivity contribution in [3.8, 4) is 0 Å². The van der Waals surface area contributed by atoms with Crippen molar-refractivity contribution in [2.24, 2.45) is 7.05 Å². The Morgan fingerprint density at radius 3 is 2.54 bits per heavy atom. The van der Waals surface area contributed by atoms with Crippen LogP contribution in [0.5, 0.6) is 0 Å². The zero-order valence-corrected chi connectivity index (χ0v) is 16.0. The number of amides is 1. The van der Waals surface area contributed by atoms with Gasteiger partial charge in [0.1, 0.15) is 5.82 Å². The molecule has 8 nitrogen and oxygen atoms in total. The maximum atomic E-state index is 12.2. The Bertz CT molecular complexity index is 832. The van der Waals surface area contributed by atoms with E-state index in [1.807, 2.05) is 34.7 Å². The first-order valence-corrected chi connectivity index (χ1v) is 8.44. The molecule has 0 saturated carbocycles. The fourth-order valence-corrected chi connectivity index (χ4v) is 2.50. The number of carbonyl (C=O) groups is 2. The normalized spacial score (nSPS) is 12.6. The second-order valence-corrected chi connectivity index (χ2v) is 6.36. The zero-order chi connectivity index (χ0) is 19.4. The third kappa shape index (κ3) is 4.38. The van der Waals surface area contributed by atoms with Crippen LogP contribution in [-0.4, -0.2) is 37.5 Å². The number of rotatable bonds is 6. The Hall–Kier alpha value is -2.90. The van der Waals surface area contributed by atoms with Crippen LogP contribution in [0, 0.1) is 13.8 Å². The Morgan fingerprint density at radius 2 is 1.96 bits per heavy atom. The van der Waals surface area contributed by atoms with Crippen LogP contribution in [0.25, 0.3) is 6.08 Å². The first kappa shape index (κ1) is 19.4. The molecule has 0 aliphatic heterocycles. The molecule has 0 aromatic carbocycles. The van der Waals surface area contributed by atoms with Crippen molar-refractivity contribution < 1.29 is 14.3 Å². The lowest BCUT2D eigenvalue weighted by atomic mass is 10.2. The summed E-state index contributed by atoms with van der Waals surface area (Å²) in [6.07, 6.45) is 3.63. The largest absolute Gasteiger partial charge is 0.449 e. The first-order chi connectivity index (χ1) is 12.2. The molecule has 0 saturated heterocycles. The highest BCUT2D eigenvalue weighted by Crippen LogP contribution is 2.15. The minimum absolute atomic E-state index is 0.104. The van der Waals surface area contributed by atoms with E-state index in [2.05, 4.69) is 15.5 Å². The predicted molar refractivity (Wildman–Crippen MR) is 98.5 cm³/mol. The molecule has 0 aliphatic rings. The monoisotopic (exact) mass is 359 g/mol. The standard InChI is InChI=1S/C18H25N5O3/c1-11(2)23-16(9-10-19-23)20-18(25)14(5)26-17(24)8-7-15-12(3)21-22(6)13(15)4/h7-11,14H,1-6H3,(H,20,25)/b8-7+/t14-/m1/s1. The number of hydrogen-bond donors (Lipinski definition) is 1. The molecule has 8 heteroatoms. The van der Waals surface area contributed by atoms with Gasteiger partial charge in [-0.15, -0.1) is 0 Å². The van der Waals surface area contributed by atoms with E-state index in [9.17, 15) is 9.59 Å². The summed E-state index contributed by atoms with van der Waals surface area (Å²) in [5, 5.41) is 11.1. The topological polar surface area (TPSA) is 91.0 Å². The lowest BCUT2D eigenvalue weighted by Gasteiger charge is -2.15. The van der Waals surface area contributed by atoms with Gasteiger partial charge < -0.3 is 10.1 Å². The Morgan fingerprint density at radius 1 is 1.27 bits per heavy atom. The second-order valence-electron chi connectivity index (χ2n) is 6.36. The summed E-state index contributed by atoms with van der Waals surface area (Å²) in [6, 6.07) is 1.80. The molecule has 140 valence electrons. The third-order valence-electron chi connectivity index (χ3n) is 4.02. The summed E-state index contributed by atoms with van der Waals surface area (Å²) in [5.74, 6) is -0.444. The zero-order valence-electron chi connectivity index (χ0n) is 16.0. The minimum Gasteiger partial charge on any atom is -0.449 e. The number of aromatic nitrogens is 4. The molecule has 0 aliphatic carbocycles. The number of nitrogens with zero attached hydrogens (tertiary/aromatic N) is 4. The van der Waals surface area contributed by atoms with Gasteiger partial charge in [0.25, 0.3) is 5.91 Å². The van der Waals surface area contributed by atoms with E-state index in [1.54, 1.807) is 27.7 Å². The average molecular weight is 359 g/mol. The molecular formula is C18H25N5O3. The molecule has 1 N–H and O–H groups in total. The maximum Gasteiger partial charge on any atom is 0.331 e. The number of esters is 1. The molecule has 1 amide bonds. The highest BCUT2D eigenvalue weighted by molar-refractivity contribution is 5.96. The number of hydrogen-bond acceptors (Lipinski definition) is 5. The number of anilines is 1. The fourth-order valence-electron chi connectivity index (χ4n) is 2.50. The number of nitrogens with one attached hydrogen (secondary N) is 1. The van der Waals surface area contributed by atoms with Crippen LogP contribution in [-0.2, 0) is 21.4 Å². The van der Waals surface area contributed by atoms with Gasteiger partial charge in [0, 0.05) is 36.5 Å². The van der Waals surface area contributed by atoms with Crippen molar-refractivity contribution in [2.75, 3.05) is 5.32 Å². The highest BCUT2D eigenvalue weighted by atomic mass is 16.5. The lowest BCUT2D eigenvalue weighted by Crippen LogP contribution is -2.30. The van der Waals surface area contributed by atoms with Gasteiger partial charge in [0.2, 0.25) is 0 Å². The Labute approximate surface area is 152 Å². The Balaban J connectivity index is 1.96. The number of carbonyl (C=O) groups excluding carboxylic acids is 2. The third-order valence-corrected chi connectivity index (χ3v) is 4.02. The van der Waals surface area contributed by atoms with Crippen LogP contribution in [0.15, 0.2) is 18.3 Å². The molecule has 26 heavy (non-hydrogen) atoms. The van der Waals surface area contributed by atoms with Gasteiger partial charge in [-0.25, -0.2) is 9.48 Å². The van der Waals surface area contributed by atoms with E-state index in [0.29, 0.717) is 5.82 Å². The molecule has 0 bridgehead atoms. The van der Waals surface area contributed by atoms with E-state index in [1.165, 1.54) is 13.0 Å². The summed E-state index contributed by atoms with van der Waals surface area (Å²) in [6.45, 7) is 9.22. The van der Waals surface area contributed by atoms with Gasteiger partial charge >= 0.3 is 5.97 Å². The molecule has 1 atom stereocenters. The summed E-state index contributed by atoms with van der Waals surface area (Å²) in [4.78, 5) is 24.2. The minimum atomic E-state index is -0.932. The summed E-state index contributed by atoms with van der Waals surface area (Å²) in [7, 11) is 1.84. The Kier molecular flexibility index (Phi) is 5.97. The second kappa shape index (κ2) is 7.99. The van der Waals surface area contributed by atoms with Crippen LogP contribution < -0.4 is 5.32 Å². The highest BCUT2D eigenvalue weighted by Gasteiger charge is 2.19. The SMILES string of the molecule is Cc1nn(C)c(C)c1/C=C/C(=O)O[C@H](C)C(=O)Nc1ccnn1C(C)C. The van der Waals surface area contributed by atoms with Crippen molar-refractivity contribution in [1.82, 2.24) is 19.6 Å². The maximum absolute atomic E-state index is 12.2. The summed E-state index contributed by atoms with van der Waals surface area (Å²) < 4.78 is 8.60. The summed E-state index contributed by atoms with van der Waals surface area (Å²) >= 11 is 0. The van der Waals surface area contributed by atoms with Gasteiger partial charge in [-0.3, -0.25) is 9.48 Å². The van der Waals surface area contributed by atoms with Crippen LogP contribution in [0.1, 0.15) is 43.8 Å². The van der Waals surface area contributed by atoms with E-state index >= 15 is 0 Å². The molecule has 0 fully saturated rings. The fraction of sp³-hybridized carbons (Fsp3) is 0.444. The van der Waals surface area contributed by atoms with E-state index in [4.69, 9.17) is 4.74 Å². The van der Waals surface area contributed by atoms with Crippen molar-refractivity contribution in [3.05, 3.63) is 35.3 Å². The van der Waals surface area contributed by atoms with Crippen LogP contribution in [0.4, 0.5) is 5.82 Å². The predicted octanol–water partition coefficient (Wildman–Crippen LogP) is 2.40. The van der Waals surface area contributed by atoms with Crippen molar-refractivity contribution in [3.63, 3.8) is 0 Å². The van der Waals surface area contributed by atoms with Crippen LogP contribution >= 0.6 is 0 Å². The van der Waals surface area contributed by atoms with Gasteiger partial charge in [0.05, 0.1) is 11.9 Å². The molecule has 2 aromatic heterocycles. The molecular weight excluding hydrogens is 334 g/mol. The van der Waals surface area contributed by atoms with E-state index in [0.717, 1.165) is 17.0 Å². The van der Waals surface area contributed by atoms with Gasteiger partial charge in [0.15, 0.2) is 6.10 Å². The van der Waals surface area contributed by atoms with E-state index in [-0.39, 0.29) is 6.04 Å². The van der Waals surface area contributed by atoms with Gasteiger partial charge in [-0.2, -0.15) is 10.2 Å². The van der Waals surface area contributed by atoms with Gasteiger partial charge in [-0.05, 0) is 40.7 Å². The first-order valence-electron chi connectivity index (χ1n) is 8.44. The summed E-state index contributed by atoms with van der Waals surface area (Å²) in [5.41, 5.74) is 2.63. The smallest absolute Gasteiger partial charge is 0.331 e. The van der Waals surface area contributed by atoms with Crippen LogP contribution in [0.3, 0.4) is 0 Å². The van der Waals surface area contributed by atoms with Crippen molar-refractivity contribution in [2.45, 2.75) is 46.8 Å². The molecule has 2 heterocycles. The molecule has 0 radical (unpaired) electrons. The molecule has 2 aromatic rings. The molecule has 0 spiro atoms. The van der Waals surface area contributed by atoms with E-state index < -0.39 is 18.0 Å². The van der Waals surface area contributed by atoms with Crippen LogP contribution in [0.2, 0.25) is 0 Å².